The summed E-state index contributed by atoms with van der Waals surface area (Å²) < 4.78 is 0. The van der Waals surface area contributed by atoms with Crippen LogP contribution >= 0.6 is 0 Å². The highest BCUT2D eigenvalue weighted by molar-refractivity contribution is 5.77. The lowest BCUT2D eigenvalue weighted by Gasteiger charge is -2.41. The van der Waals surface area contributed by atoms with E-state index in [1.807, 2.05) is 0 Å². The van der Waals surface area contributed by atoms with Crippen LogP contribution < -0.4 is 11.1 Å². The second kappa shape index (κ2) is 7.35. The number of hydrogen-bond donors (Lipinski definition) is 2. The fraction of sp³-hybridized carbons (Fsp3) is 0.632. The first kappa shape index (κ1) is 16.3. The minimum Gasteiger partial charge on any atom is -0.370 e. The zero-order chi connectivity index (χ0) is 16.1. The second-order valence-corrected chi connectivity index (χ2v) is 7.01. The number of nitrogens with two attached hydrogens (primary N) is 1. The molecule has 4 nitrogen and oxygen atoms in total. The molecule has 1 unspecified atom stereocenters. The number of hydrogen-bond acceptors (Lipinski definition) is 2. The number of likely N-dealkylation sites (tertiary alicyclic amines) is 1. The molecule has 1 heterocycles. The summed E-state index contributed by atoms with van der Waals surface area (Å²) in [6.45, 7) is 6.30. The minimum absolute atomic E-state index is 0.219. The molecule has 1 aliphatic carbocycles. The van der Waals surface area contributed by atoms with E-state index < -0.39 is 0 Å². The minimum atomic E-state index is 0.219. The van der Waals surface area contributed by atoms with Crippen molar-refractivity contribution in [2.45, 2.75) is 50.5 Å². The van der Waals surface area contributed by atoms with Crippen LogP contribution in [0.2, 0.25) is 0 Å². The van der Waals surface area contributed by atoms with Gasteiger partial charge in [-0.25, -0.2) is 0 Å². The fourth-order valence-corrected chi connectivity index (χ4v) is 3.99. The van der Waals surface area contributed by atoms with Gasteiger partial charge in [0.25, 0.3) is 0 Å². The quantitative estimate of drug-likeness (QED) is 0.626. The second-order valence-electron chi connectivity index (χ2n) is 7.01. The predicted molar refractivity (Wildman–Crippen MR) is 96.7 cm³/mol. The van der Waals surface area contributed by atoms with Gasteiger partial charge in [0.2, 0.25) is 0 Å². The molecule has 1 atom stereocenters. The smallest absolute Gasteiger partial charge is 0.188 e. The van der Waals surface area contributed by atoms with Gasteiger partial charge in [0.1, 0.15) is 0 Å². The van der Waals surface area contributed by atoms with Crippen LogP contribution in [-0.2, 0) is 5.41 Å². The van der Waals surface area contributed by atoms with Crippen molar-refractivity contribution < 1.29 is 0 Å². The zero-order valence-electron chi connectivity index (χ0n) is 14.3. The molecule has 3 rings (SSSR count). The Morgan fingerprint density at radius 1 is 1.30 bits per heavy atom. The molecule has 0 bridgehead atoms. The van der Waals surface area contributed by atoms with Gasteiger partial charge in [-0.2, -0.15) is 0 Å². The molecular formula is C19H30N4. The summed E-state index contributed by atoms with van der Waals surface area (Å²) in [6.07, 6.45) is 6.31. The molecule has 0 spiro atoms. The first-order chi connectivity index (χ1) is 11.2. The van der Waals surface area contributed by atoms with E-state index in [2.05, 4.69) is 52.5 Å². The summed E-state index contributed by atoms with van der Waals surface area (Å²) in [7, 11) is 0. The molecule has 4 heteroatoms. The van der Waals surface area contributed by atoms with Gasteiger partial charge in [-0.1, -0.05) is 43.7 Å². The Labute approximate surface area is 140 Å². The molecule has 0 radical (unpaired) electrons. The highest BCUT2D eigenvalue weighted by atomic mass is 15.2. The van der Waals surface area contributed by atoms with Crippen molar-refractivity contribution in [3.63, 3.8) is 0 Å². The SMILES string of the molecule is CCN1CCCC1CNC(N)=NCC1(c2ccccc2)CCC1. The Morgan fingerprint density at radius 2 is 2.09 bits per heavy atom. The fourth-order valence-electron chi connectivity index (χ4n) is 3.99. The van der Waals surface area contributed by atoms with Gasteiger partial charge in [0, 0.05) is 18.0 Å². The lowest BCUT2D eigenvalue weighted by atomic mass is 9.64. The Balaban J connectivity index is 1.54. The maximum absolute atomic E-state index is 6.12. The van der Waals surface area contributed by atoms with Gasteiger partial charge in [-0.05, 0) is 44.3 Å². The van der Waals surface area contributed by atoms with Crippen LogP contribution in [0.3, 0.4) is 0 Å². The van der Waals surface area contributed by atoms with Crippen molar-refractivity contribution in [3.8, 4) is 0 Å². The van der Waals surface area contributed by atoms with Crippen molar-refractivity contribution in [2.24, 2.45) is 10.7 Å². The van der Waals surface area contributed by atoms with E-state index in [0.717, 1.165) is 19.6 Å². The van der Waals surface area contributed by atoms with Gasteiger partial charge in [0.05, 0.1) is 6.54 Å². The summed E-state index contributed by atoms with van der Waals surface area (Å²) in [5, 5.41) is 3.35. The molecule has 2 aliphatic rings. The molecule has 1 saturated carbocycles. The average Bonchev–Trinajstić information content (AvgIpc) is 3.00. The number of nitrogens with zero attached hydrogens (tertiary/aromatic N) is 2. The molecule has 0 aromatic heterocycles. The number of rotatable bonds is 6. The molecule has 1 aromatic rings. The Hall–Kier alpha value is -1.55. The van der Waals surface area contributed by atoms with E-state index in [1.54, 1.807) is 0 Å². The molecule has 126 valence electrons. The Bertz CT molecular complexity index is 521. The van der Waals surface area contributed by atoms with E-state index in [1.165, 1.54) is 44.2 Å². The highest BCUT2D eigenvalue weighted by Crippen LogP contribution is 2.43. The molecule has 1 aliphatic heterocycles. The van der Waals surface area contributed by atoms with E-state index >= 15 is 0 Å². The normalized spacial score (nSPS) is 24.4. The third kappa shape index (κ3) is 3.69. The number of benzene rings is 1. The summed E-state index contributed by atoms with van der Waals surface area (Å²) in [4.78, 5) is 7.20. The van der Waals surface area contributed by atoms with Crippen LogP contribution in [0.25, 0.3) is 0 Å². The van der Waals surface area contributed by atoms with E-state index in [-0.39, 0.29) is 5.41 Å². The van der Waals surface area contributed by atoms with Crippen LogP contribution in [-0.4, -0.2) is 43.1 Å². The highest BCUT2D eigenvalue weighted by Gasteiger charge is 2.38. The van der Waals surface area contributed by atoms with Gasteiger partial charge in [-0.15, -0.1) is 0 Å². The number of aliphatic imine (C=N–C) groups is 1. The summed E-state index contributed by atoms with van der Waals surface area (Å²) in [6, 6.07) is 11.4. The van der Waals surface area contributed by atoms with Crippen molar-refractivity contribution in [3.05, 3.63) is 35.9 Å². The lowest BCUT2D eigenvalue weighted by molar-refractivity contribution is 0.253. The summed E-state index contributed by atoms with van der Waals surface area (Å²) in [5.74, 6) is 0.607. The summed E-state index contributed by atoms with van der Waals surface area (Å²) in [5.41, 5.74) is 7.75. The van der Waals surface area contributed by atoms with Crippen LogP contribution in [0, 0.1) is 0 Å². The van der Waals surface area contributed by atoms with Crippen LogP contribution in [0.15, 0.2) is 35.3 Å². The number of guanidine groups is 1. The maximum atomic E-state index is 6.12. The van der Waals surface area contributed by atoms with Crippen molar-refractivity contribution in [1.82, 2.24) is 10.2 Å². The predicted octanol–water partition coefficient (Wildman–Crippen LogP) is 2.50. The topological polar surface area (TPSA) is 53.6 Å². The molecule has 1 aromatic carbocycles. The third-order valence-electron chi connectivity index (χ3n) is 5.67. The van der Waals surface area contributed by atoms with Gasteiger partial charge in [0.15, 0.2) is 5.96 Å². The number of nitrogens with one attached hydrogen (secondary N) is 1. The number of likely N-dealkylation sites (N-methyl/N-ethyl adjacent to an activating group) is 1. The van der Waals surface area contributed by atoms with Gasteiger partial charge < -0.3 is 11.1 Å². The van der Waals surface area contributed by atoms with Crippen molar-refractivity contribution in [2.75, 3.05) is 26.2 Å². The lowest BCUT2D eigenvalue weighted by Crippen LogP contribution is -2.44. The molecular weight excluding hydrogens is 284 g/mol. The first-order valence-electron chi connectivity index (χ1n) is 9.07. The zero-order valence-corrected chi connectivity index (χ0v) is 14.3. The molecule has 0 amide bonds. The summed E-state index contributed by atoms with van der Waals surface area (Å²) >= 11 is 0. The monoisotopic (exact) mass is 314 g/mol. The van der Waals surface area contributed by atoms with E-state index in [9.17, 15) is 0 Å². The third-order valence-corrected chi connectivity index (χ3v) is 5.67. The standard InChI is InChI=1S/C19H30N4/c1-2-23-13-6-10-17(23)14-21-18(20)22-15-19(11-7-12-19)16-8-4-3-5-9-16/h3-5,8-9,17H,2,6-7,10-15H2,1H3,(H3,20,21,22). The van der Waals surface area contributed by atoms with E-state index in [0.29, 0.717) is 12.0 Å². The van der Waals surface area contributed by atoms with Crippen LogP contribution in [0.1, 0.15) is 44.6 Å². The molecule has 1 saturated heterocycles. The van der Waals surface area contributed by atoms with E-state index in [4.69, 9.17) is 5.73 Å². The molecule has 3 N–H and O–H groups in total. The maximum Gasteiger partial charge on any atom is 0.188 e. The Kier molecular flexibility index (Phi) is 5.21. The van der Waals surface area contributed by atoms with Crippen LogP contribution in [0.5, 0.6) is 0 Å². The molecule has 23 heavy (non-hydrogen) atoms. The van der Waals surface area contributed by atoms with Crippen molar-refractivity contribution in [1.29, 1.82) is 0 Å². The Morgan fingerprint density at radius 3 is 2.74 bits per heavy atom. The van der Waals surface area contributed by atoms with Crippen molar-refractivity contribution >= 4 is 5.96 Å². The first-order valence-corrected chi connectivity index (χ1v) is 9.07. The largest absolute Gasteiger partial charge is 0.370 e. The van der Waals surface area contributed by atoms with Gasteiger partial charge >= 0.3 is 0 Å². The average molecular weight is 314 g/mol. The van der Waals surface area contributed by atoms with Gasteiger partial charge in [-0.3, -0.25) is 9.89 Å². The van der Waals surface area contributed by atoms with Crippen LogP contribution in [0.4, 0.5) is 0 Å². The molecule has 2 fully saturated rings.